The van der Waals surface area contributed by atoms with Crippen molar-refractivity contribution in [3.8, 4) is 0 Å². The van der Waals surface area contributed by atoms with Gasteiger partial charge in [0, 0.05) is 40.1 Å². The maximum absolute atomic E-state index is 13.4. The van der Waals surface area contributed by atoms with E-state index in [2.05, 4.69) is 25.6 Å². The summed E-state index contributed by atoms with van der Waals surface area (Å²) in [6.07, 6.45) is 3.55. The van der Waals surface area contributed by atoms with E-state index in [1.54, 1.807) is 0 Å². The molecule has 2 aliphatic carbocycles. The van der Waals surface area contributed by atoms with Crippen LogP contribution >= 0.6 is 35.0 Å². The topological polar surface area (TPSA) is 131 Å². The van der Waals surface area contributed by atoms with Crippen molar-refractivity contribution in [2.45, 2.75) is 55.9 Å². The molecule has 1 saturated carbocycles. The van der Waals surface area contributed by atoms with E-state index < -0.39 is 15.6 Å². The minimum absolute atomic E-state index is 0.0419. The second kappa shape index (κ2) is 14.2. The smallest absolute Gasteiger partial charge is 0.228 e. The highest BCUT2D eigenvalue weighted by Crippen LogP contribution is 2.50. The van der Waals surface area contributed by atoms with Crippen LogP contribution in [0, 0.1) is 11.8 Å². The summed E-state index contributed by atoms with van der Waals surface area (Å²) in [7, 11) is -3.44. The average molecular weight is 663 g/mol. The summed E-state index contributed by atoms with van der Waals surface area (Å²) in [6.45, 7) is 6.73. The van der Waals surface area contributed by atoms with E-state index in [0.717, 1.165) is 41.9 Å². The number of nitrogens with zero attached hydrogens (tertiary/aromatic N) is 3. The van der Waals surface area contributed by atoms with Crippen LogP contribution in [-0.2, 0) is 14.6 Å². The van der Waals surface area contributed by atoms with E-state index >= 15 is 0 Å². The normalized spacial score (nSPS) is 17.9. The van der Waals surface area contributed by atoms with Crippen LogP contribution in [-0.4, -0.2) is 53.8 Å². The largest absolute Gasteiger partial charge is 0.354 e. The number of sulfone groups is 1. The van der Waals surface area contributed by atoms with Gasteiger partial charge in [-0.1, -0.05) is 41.6 Å². The predicted octanol–water partition coefficient (Wildman–Crippen LogP) is 6.75. The molecule has 228 valence electrons. The number of rotatable bonds is 9. The number of Topliss-reactive ketones (excluding diaryl/α,β-unsaturated/α-hetero) is 2. The fraction of sp³-hybridized carbons (Fsp3) is 0.367. The van der Waals surface area contributed by atoms with Crippen LogP contribution < -0.4 is 10.6 Å². The molecule has 2 atom stereocenters. The van der Waals surface area contributed by atoms with E-state index in [4.69, 9.17) is 23.2 Å². The first-order valence-corrected chi connectivity index (χ1v) is 17.3. The summed E-state index contributed by atoms with van der Waals surface area (Å²) in [6, 6.07) is 14.0. The number of fused-ring (bicyclic) bond motifs is 2. The third-order valence-electron chi connectivity index (χ3n) is 6.84. The second-order valence-corrected chi connectivity index (χ2v) is 14.4. The molecule has 0 amide bonds. The lowest BCUT2D eigenvalue weighted by molar-refractivity contribution is -0.119. The van der Waals surface area contributed by atoms with E-state index in [9.17, 15) is 18.0 Å². The average Bonchev–Trinajstić information content (AvgIpc) is 3.38. The molecule has 1 fully saturated rings. The molecule has 5 rings (SSSR count). The summed E-state index contributed by atoms with van der Waals surface area (Å²) in [5.74, 6) is 0.524. The summed E-state index contributed by atoms with van der Waals surface area (Å²) < 4.78 is 23.5. The maximum atomic E-state index is 13.4. The number of carbonyl (C=O) groups excluding carboxylic acids is 2. The molecule has 1 heterocycles. The first-order valence-electron chi connectivity index (χ1n) is 13.8. The fourth-order valence-corrected chi connectivity index (χ4v) is 7.28. The maximum Gasteiger partial charge on any atom is 0.228 e. The Morgan fingerprint density at radius 1 is 1.02 bits per heavy atom. The highest BCUT2D eigenvalue weighted by molar-refractivity contribution is 8.03. The van der Waals surface area contributed by atoms with E-state index in [0.29, 0.717) is 11.9 Å². The molecule has 0 spiro atoms. The van der Waals surface area contributed by atoms with Gasteiger partial charge in [-0.2, -0.15) is 15.0 Å². The van der Waals surface area contributed by atoms with Crippen LogP contribution in [0.5, 0.6) is 0 Å². The Kier molecular flexibility index (Phi) is 10.9. The highest BCUT2D eigenvalue weighted by Gasteiger charge is 2.43. The van der Waals surface area contributed by atoms with E-state index in [-0.39, 0.29) is 50.0 Å². The SMILES string of the molecule is CCNc1nc(Cl)nc(NC(C)C)n1.CS(=O)(=O)c1ccc(C(=O)C2=C(Sc3ccccc3)C3CCC(C3)C2=O)c(Cl)c1. The number of hydrogen-bond donors (Lipinski definition) is 2. The minimum Gasteiger partial charge on any atom is -0.354 e. The first-order chi connectivity index (χ1) is 20.4. The Morgan fingerprint density at radius 3 is 2.33 bits per heavy atom. The van der Waals surface area contributed by atoms with Crippen molar-refractivity contribution < 1.29 is 18.0 Å². The highest BCUT2D eigenvalue weighted by atomic mass is 35.5. The number of thioether (sulfide) groups is 1. The molecule has 2 aliphatic rings. The third kappa shape index (κ3) is 8.35. The number of hydrogen-bond acceptors (Lipinski definition) is 10. The zero-order valence-corrected chi connectivity index (χ0v) is 27.4. The molecule has 2 unspecified atom stereocenters. The van der Waals surface area contributed by atoms with Crippen molar-refractivity contribution in [3.63, 3.8) is 0 Å². The molecule has 43 heavy (non-hydrogen) atoms. The van der Waals surface area contributed by atoms with E-state index in [1.807, 2.05) is 51.1 Å². The van der Waals surface area contributed by atoms with Gasteiger partial charge in [0.2, 0.25) is 17.2 Å². The van der Waals surface area contributed by atoms with Gasteiger partial charge in [-0.15, -0.1) is 0 Å². The lowest BCUT2D eigenvalue weighted by Crippen LogP contribution is -2.26. The summed E-state index contributed by atoms with van der Waals surface area (Å²) in [5, 5.41) is 6.27. The lowest BCUT2D eigenvalue weighted by Gasteiger charge is -2.24. The number of allylic oxidation sites excluding steroid dienone is 2. The van der Waals surface area contributed by atoms with Gasteiger partial charge < -0.3 is 10.6 Å². The second-order valence-electron chi connectivity index (χ2n) is 10.5. The Morgan fingerprint density at radius 2 is 1.70 bits per heavy atom. The van der Waals surface area contributed by atoms with Gasteiger partial charge in [0.1, 0.15) is 0 Å². The van der Waals surface area contributed by atoms with Gasteiger partial charge in [0.15, 0.2) is 21.4 Å². The zero-order chi connectivity index (χ0) is 31.3. The van der Waals surface area contributed by atoms with Crippen LogP contribution in [0.4, 0.5) is 11.9 Å². The monoisotopic (exact) mass is 661 g/mol. The van der Waals surface area contributed by atoms with Gasteiger partial charge in [0.05, 0.1) is 15.5 Å². The Hall–Kier alpha value is -2.99. The molecule has 2 bridgehead atoms. The molecule has 2 N–H and O–H groups in total. The summed E-state index contributed by atoms with van der Waals surface area (Å²) in [5.41, 5.74) is 0.376. The van der Waals surface area contributed by atoms with Crippen molar-refractivity contribution in [2.24, 2.45) is 11.8 Å². The Balaban J connectivity index is 0.000000255. The van der Waals surface area contributed by atoms with Crippen molar-refractivity contribution in [1.82, 2.24) is 15.0 Å². The first kappa shape index (κ1) is 32.9. The van der Waals surface area contributed by atoms with Gasteiger partial charge >= 0.3 is 0 Å². The molecule has 0 radical (unpaired) electrons. The fourth-order valence-electron chi connectivity index (χ4n) is 4.92. The standard InChI is InChI=1S/C22H19ClO4S2.C8H14ClN5/c1-29(26,27)16-9-10-17(18(23)12-16)21(25)19-20(24)13-7-8-14(11-13)22(19)28-15-5-3-2-4-6-15;1-4-10-7-12-6(9)13-8(14-7)11-5(2)3/h2-6,9-10,12-14H,7-8,11H2,1H3;5H,4H2,1-3H3,(H2,10,11,12,13,14). The van der Waals surface area contributed by atoms with Crippen LogP contribution in [0.2, 0.25) is 10.3 Å². The van der Waals surface area contributed by atoms with Crippen LogP contribution in [0.25, 0.3) is 0 Å². The van der Waals surface area contributed by atoms with E-state index in [1.165, 1.54) is 30.0 Å². The van der Waals surface area contributed by atoms with Crippen molar-refractivity contribution in [1.29, 1.82) is 0 Å². The van der Waals surface area contributed by atoms with Crippen molar-refractivity contribution in [3.05, 3.63) is 74.9 Å². The number of nitrogens with one attached hydrogen (secondary N) is 2. The van der Waals surface area contributed by atoms with Crippen LogP contribution in [0.3, 0.4) is 0 Å². The van der Waals surface area contributed by atoms with Gasteiger partial charge in [-0.05, 0) is 87.9 Å². The van der Waals surface area contributed by atoms with Crippen LogP contribution in [0.15, 0.2) is 68.8 Å². The van der Waals surface area contributed by atoms with Gasteiger partial charge in [-0.3, -0.25) is 9.59 Å². The molecule has 0 aliphatic heterocycles. The van der Waals surface area contributed by atoms with Gasteiger partial charge in [-0.25, -0.2) is 8.42 Å². The molecule has 0 saturated heterocycles. The summed E-state index contributed by atoms with van der Waals surface area (Å²) >= 11 is 13.5. The number of carbonyl (C=O) groups is 2. The van der Waals surface area contributed by atoms with Gasteiger partial charge in [0.25, 0.3) is 0 Å². The molecule has 2 aromatic carbocycles. The predicted molar refractivity (Wildman–Crippen MR) is 172 cm³/mol. The molecule has 3 aromatic rings. The molecular weight excluding hydrogens is 629 g/mol. The molecule has 13 heteroatoms. The zero-order valence-electron chi connectivity index (χ0n) is 24.2. The quantitative estimate of drug-likeness (QED) is 0.187. The number of ketones is 2. The van der Waals surface area contributed by atoms with Crippen molar-refractivity contribution in [2.75, 3.05) is 23.4 Å². The Bertz CT molecular complexity index is 1650. The third-order valence-corrected chi connectivity index (χ3v) is 9.70. The van der Waals surface area contributed by atoms with Crippen molar-refractivity contribution >= 4 is 68.3 Å². The number of aromatic nitrogens is 3. The Labute approximate surface area is 266 Å². The number of benzene rings is 2. The number of anilines is 2. The lowest BCUT2D eigenvalue weighted by atomic mass is 9.84. The summed E-state index contributed by atoms with van der Waals surface area (Å²) in [4.78, 5) is 40.3. The minimum atomic E-state index is -3.44. The molecular formula is C30H33Cl2N5O4S2. The molecule has 9 nitrogen and oxygen atoms in total. The number of halogens is 2. The van der Waals surface area contributed by atoms with Crippen LogP contribution in [0.1, 0.15) is 50.4 Å². The molecule has 1 aromatic heterocycles.